The highest BCUT2D eigenvalue weighted by atomic mass is 32.2. The minimum absolute atomic E-state index is 0.0718. The number of ether oxygens (including phenoxy) is 3. The van der Waals surface area contributed by atoms with E-state index in [1.807, 2.05) is 0 Å². The van der Waals surface area contributed by atoms with Gasteiger partial charge in [-0.1, -0.05) is 30.3 Å². The zero-order valence-corrected chi connectivity index (χ0v) is 19.0. The van der Waals surface area contributed by atoms with Crippen LogP contribution < -0.4 is 19.5 Å². The van der Waals surface area contributed by atoms with Crippen LogP contribution in [0.3, 0.4) is 0 Å². The van der Waals surface area contributed by atoms with Crippen molar-refractivity contribution in [3.05, 3.63) is 54.1 Å². The highest BCUT2D eigenvalue weighted by Gasteiger charge is 2.33. The van der Waals surface area contributed by atoms with Crippen molar-refractivity contribution in [1.29, 1.82) is 0 Å². The number of carbonyl (C=O) groups is 2. The summed E-state index contributed by atoms with van der Waals surface area (Å²) in [5.74, 6) is -0.513. The van der Waals surface area contributed by atoms with E-state index in [1.165, 1.54) is 25.1 Å². The highest BCUT2D eigenvalue weighted by molar-refractivity contribution is 7.89. The summed E-state index contributed by atoms with van der Waals surface area (Å²) in [6, 6.07) is 11.7. The van der Waals surface area contributed by atoms with E-state index < -0.39 is 34.0 Å². The Balaban J connectivity index is 1.46. The van der Waals surface area contributed by atoms with E-state index in [4.69, 9.17) is 14.2 Å². The fourth-order valence-corrected chi connectivity index (χ4v) is 4.49. The zero-order chi connectivity index (χ0) is 23.4. The molecule has 1 heterocycles. The monoisotopic (exact) mass is 474 g/mol. The zero-order valence-electron chi connectivity index (χ0n) is 18.2. The molecular weight excluding hydrogens is 448 g/mol. The van der Waals surface area contributed by atoms with E-state index >= 15 is 0 Å². The largest absolute Gasteiger partial charge is 0.490 e. The predicted molar refractivity (Wildman–Crippen MR) is 118 cm³/mol. The molecule has 10 heteroatoms. The molecule has 33 heavy (non-hydrogen) atoms. The minimum Gasteiger partial charge on any atom is -0.490 e. The molecule has 2 aromatic rings. The van der Waals surface area contributed by atoms with Gasteiger partial charge in [0.2, 0.25) is 16.1 Å². The Morgan fingerprint density at radius 3 is 2.42 bits per heavy atom. The van der Waals surface area contributed by atoms with Crippen LogP contribution in [-0.4, -0.2) is 45.6 Å². The predicted octanol–water partition coefficient (Wildman–Crippen LogP) is 2.08. The van der Waals surface area contributed by atoms with Crippen LogP contribution in [0.15, 0.2) is 53.4 Å². The normalized spacial score (nSPS) is 17.4. The third-order valence-corrected chi connectivity index (χ3v) is 6.75. The van der Waals surface area contributed by atoms with Crippen molar-refractivity contribution in [3.8, 4) is 11.5 Å². The van der Waals surface area contributed by atoms with Crippen molar-refractivity contribution < 1.29 is 32.2 Å². The third-order valence-electron chi connectivity index (χ3n) is 5.21. The smallest absolute Gasteiger partial charge is 0.325 e. The second-order valence-corrected chi connectivity index (χ2v) is 9.73. The van der Waals surface area contributed by atoms with Crippen LogP contribution >= 0.6 is 0 Å². The lowest BCUT2D eigenvalue weighted by Gasteiger charge is -2.21. The van der Waals surface area contributed by atoms with Gasteiger partial charge in [0, 0.05) is 24.1 Å². The molecule has 0 radical (unpaired) electrons. The Hall–Kier alpha value is -3.11. The summed E-state index contributed by atoms with van der Waals surface area (Å²) in [6.45, 7) is 2.26. The number of rotatable bonds is 8. The summed E-state index contributed by atoms with van der Waals surface area (Å²) in [4.78, 5) is 25.3. The second-order valence-electron chi connectivity index (χ2n) is 8.01. The Labute approximate surface area is 192 Å². The van der Waals surface area contributed by atoms with E-state index in [-0.39, 0.29) is 10.9 Å². The fourth-order valence-electron chi connectivity index (χ4n) is 3.28. The maximum absolute atomic E-state index is 12.9. The van der Waals surface area contributed by atoms with E-state index in [2.05, 4.69) is 10.0 Å². The lowest BCUT2D eigenvalue weighted by molar-refractivity contribution is -0.157. The van der Waals surface area contributed by atoms with Gasteiger partial charge in [-0.2, -0.15) is 4.72 Å². The molecule has 2 aromatic carbocycles. The van der Waals surface area contributed by atoms with Gasteiger partial charge >= 0.3 is 5.97 Å². The number of amides is 1. The third kappa shape index (κ3) is 5.82. The van der Waals surface area contributed by atoms with Crippen LogP contribution in [0.2, 0.25) is 0 Å². The molecule has 1 fully saturated rings. The Morgan fingerprint density at radius 2 is 1.73 bits per heavy atom. The maximum atomic E-state index is 12.9. The molecule has 176 valence electrons. The van der Waals surface area contributed by atoms with Crippen molar-refractivity contribution >= 4 is 21.9 Å². The molecule has 1 amide bonds. The number of benzene rings is 2. The fraction of sp³-hybridized carbons (Fsp3) is 0.391. The number of nitrogens with one attached hydrogen (secondary N) is 2. The quantitative estimate of drug-likeness (QED) is 0.562. The summed E-state index contributed by atoms with van der Waals surface area (Å²) in [6.07, 6.45) is 1.28. The standard InChI is InChI=1S/C23H26N2O7S/c1-15(25-33(28,29)18-10-11-19-20(14-18)31-13-5-12-30-19)23(27)32-21(16-6-3-2-4-7-16)22(26)24-17-8-9-17/h2-4,6-7,10-11,14-15,17,21,25H,5,8-9,12-13H2,1H3,(H,24,26)/t15-,21-/m1/s1. The Bertz CT molecular complexity index is 1120. The first-order valence-electron chi connectivity index (χ1n) is 10.8. The van der Waals surface area contributed by atoms with Gasteiger partial charge in [-0.05, 0) is 31.9 Å². The van der Waals surface area contributed by atoms with Crippen LogP contribution in [0.5, 0.6) is 11.5 Å². The van der Waals surface area contributed by atoms with Gasteiger partial charge in [0.25, 0.3) is 5.91 Å². The first-order valence-corrected chi connectivity index (χ1v) is 12.3. The summed E-state index contributed by atoms with van der Waals surface area (Å²) >= 11 is 0. The van der Waals surface area contributed by atoms with E-state index in [0.717, 1.165) is 12.8 Å². The summed E-state index contributed by atoms with van der Waals surface area (Å²) in [7, 11) is -4.07. The van der Waals surface area contributed by atoms with Gasteiger partial charge in [0.1, 0.15) is 6.04 Å². The molecule has 0 saturated heterocycles. The minimum atomic E-state index is -4.07. The molecule has 1 saturated carbocycles. The van der Waals surface area contributed by atoms with Gasteiger partial charge in [-0.15, -0.1) is 0 Å². The first-order chi connectivity index (χ1) is 15.8. The van der Waals surface area contributed by atoms with Crippen LogP contribution in [0.25, 0.3) is 0 Å². The van der Waals surface area contributed by atoms with Crippen molar-refractivity contribution in [2.75, 3.05) is 13.2 Å². The van der Waals surface area contributed by atoms with Crippen molar-refractivity contribution in [3.63, 3.8) is 0 Å². The first kappa shape index (κ1) is 23.1. The number of hydrogen-bond acceptors (Lipinski definition) is 7. The van der Waals surface area contributed by atoms with Crippen molar-refractivity contribution in [2.24, 2.45) is 0 Å². The molecule has 4 rings (SSSR count). The molecule has 1 aliphatic carbocycles. The molecule has 0 aromatic heterocycles. The molecule has 2 aliphatic rings. The molecule has 0 unspecified atom stereocenters. The lowest BCUT2D eigenvalue weighted by Crippen LogP contribution is -2.42. The SMILES string of the molecule is C[C@@H](NS(=O)(=O)c1ccc2c(c1)OCCCO2)C(=O)O[C@@H](C(=O)NC1CC1)c1ccccc1. The van der Waals surface area contributed by atoms with Gasteiger partial charge in [-0.25, -0.2) is 8.42 Å². The molecule has 1 aliphatic heterocycles. The van der Waals surface area contributed by atoms with E-state index in [9.17, 15) is 18.0 Å². The van der Waals surface area contributed by atoms with E-state index in [1.54, 1.807) is 30.3 Å². The van der Waals surface area contributed by atoms with Crippen LogP contribution in [0, 0.1) is 0 Å². The summed E-state index contributed by atoms with van der Waals surface area (Å²) in [5, 5.41) is 2.82. The lowest BCUT2D eigenvalue weighted by atomic mass is 10.1. The van der Waals surface area contributed by atoms with Crippen molar-refractivity contribution in [2.45, 2.75) is 49.3 Å². The van der Waals surface area contributed by atoms with Gasteiger partial charge in [0.15, 0.2) is 11.5 Å². The van der Waals surface area contributed by atoms with Crippen LogP contribution in [0.4, 0.5) is 0 Å². The number of carbonyl (C=O) groups excluding carboxylic acids is 2. The molecule has 9 nitrogen and oxygen atoms in total. The Morgan fingerprint density at radius 1 is 1.03 bits per heavy atom. The number of sulfonamides is 1. The van der Waals surface area contributed by atoms with E-state index in [0.29, 0.717) is 36.7 Å². The number of hydrogen-bond donors (Lipinski definition) is 2. The average molecular weight is 475 g/mol. The Kier molecular flexibility index (Phi) is 6.85. The van der Waals surface area contributed by atoms with Gasteiger partial charge in [0.05, 0.1) is 18.1 Å². The average Bonchev–Trinajstić information content (AvgIpc) is 3.63. The molecule has 0 bridgehead atoms. The van der Waals surface area contributed by atoms with Gasteiger partial charge < -0.3 is 19.5 Å². The molecule has 0 spiro atoms. The maximum Gasteiger partial charge on any atom is 0.325 e. The second kappa shape index (κ2) is 9.80. The summed E-state index contributed by atoms with van der Waals surface area (Å²) < 4.78 is 44.6. The van der Waals surface area contributed by atoms with Gasteiger partial charge in [-0.3, -0.25) is 9.59 Å². The molecule has 2 atom stereocenters. The van der Waals surface area contributed by atoms with Crippen LogP contribution in [0.1, 0.15) is 37.9 Å². The molecule has 2 N–H and O–H groups in total. The highest BCUT2D eigenvalue weighted by Crippen LogP contribution is 2.32. The number of fused-ring (bicyclic) bond motifs is 1. The summed E-state index contributed by atoms with van der Waals surface area (Å²) in [5.41, 5.74) is 0.502. The number of esters is 1. The van der Waals surface area contributed by atoms with Crippen LogP contribution in [-0.2, 0) is 24.3 Å². The molecular formula is C23H26N2O7S. The van der Waals surface area contributed by atoms with Crippen molar-refractivity contribution in [1.82, 2.24) is 10.0 Å². The topological polar surface area (TPSA) is 120 Å².